The van der Waals surface area contributed by atoms with E-state index in [0.29, 0.717) is 43.5 Å². The number of halogens is 6. The molecule has 2 bridgehead atoms. The fourth-order valence-electron chi connectivity index (χ4n) is 7.18. The van der Waals surface area contributed by atoms with Gasteiger partial charge >= 0.3 is 12.2 Å². The predicted octanol–water partition coefficient (Wildman–Crippen LogP) is 6.44. The van der Waals surface area contributed by atoms with E-state index in [0.717, 1.165) is 31.2 Å². The Morgan fingerprint density at radius 3 is 2.61 bits per heavy atom. The third-order valence-corrected chi connectivity index (χ3v) is 10.2. The van der Waals surface area contributed by atoms with Gasteiger partial charge in [0.1, 0.15) is 34.4 Å². The zero-order valence-corrected chi connectivity index (χ0v) is 25.3. The lowest BCUT2D eigenvalue weighted by molar-refractivity contribution is -0.137. The van der Waals surface area contributed by atoms with Crippen molar-refractivity contribution >= 4 is 43.1 Å². The van der Waals surface area contributed by atoms with E-state index in [-0.39, 0.29) is 55.6 Å². The minimum atomic E-state index is -5.01. The van der Waals surface area contributed by atoms with Crippen LogP contribution < -0.4 is 15.4 Å². The predicted molar refractivity (Wildman–Crippen MR) is 161 cm³/mol. The maximum absolute atomic E-state index is 16.3. The Bertz CT molecular complexity index is 1880. The number of nitriles is 1. The summed E-state index contributed by atoms with van der Waals surface area (Å²) in [4.78, 5) is 12.4. The van der Waals surface area contributed by atoms with Gasteiger partial charge in [-0.25, -0.2) is 13.2 Å². The van der Waals surface area contributed by atoms with Crippen molar-refractivity contribution in [2.24, 2.45) is 0 Å². The molecule has 4 atom stereocenters. The number of nitrogens with zero attached hydrogens (tertiary/aromatic N) is 5. The van der Waals surface area contributed by atoms with Crippen LogP contribution in [-0.2, 0) is 10.9 Å². The number of anilines is 2. The monoisotopic (exact) mass is 662 g/mol. The smallest absolute Gasteiger partial charge is 0.417 e. The van der Waals surface area contributed by atoms with Gasteiger partial charge in [0.15, 0.2) is 5.82 Å². The first kappa shape index (κ1) is 30.8. The quantitative estimate of drug-likeness (QED) is 0.250. The summed E-state index contributed by atoms with van der Waals surface area (Å²) in [5.41, 5.74) is 2.74. The number of aromatic nitrogens is 2. The van der Waals surface area contributed by atoms with Gasteiger partial charge < -0.3 is 20.1 Å². The van der Waals surface area contributed by atoms with Crippen LogP contribution >= 0.6 is 11.3 Å². The van der Waals surface area contributed by atoms with Crippen molar-refractivity contribution in [1.82, 2.24) is 14.9 Å². The van der Waals surface area contributed by atoms with E-state index >= 15 is 4.39 Å². The first-order chi connectivity index (χ1) is 22.0. The molecule has 0 radical (unpaired) electrons. The zero-order valence-electron chi connectivity index (χ0n) is 24.5. The standard InChI is InChI=1S/C24H16F5N5O2S.C7H12FN/c1-35-23-32-19-12(22(33-23)34-7-10-4-9(34)8-36-10)5-14(24(27,28)29)17(18(19)26)11-2-3-15(25)20-16(11)13(6-30)21(31)37-20;8-6-4-7-2-1-3-9(7)5-6/h2-3,5,9-10H,4,7-8,31H2,1H3;6-7H,1-5H2. The number of fused-ring (bicyclic) bond motifs is 5. The van der Waals surface area contributed by atoms with Crippen molar-refractivity contribution in [2.45, 2.75) is 56.2 Å². The molecule has 0 aliphatic carbocycles. The van der Waals surface area contributed by atoms with Gasteiger partial charge in [-0.3, -0.25) is 4.90 Å². The molecule has 4 aliphatic heterocycles. The summed E-state index contributed by atoms with van der Waals surface area (Å²) < 4.78 is 97.5. The summed E-state index contributed by atoms with van der Waals surface area (Å²) in [5.74, 6) is -1.98. The molecule has 6 heterocycles. The summed E-state index contributed by atoms with van der Waals surface area (Å²) in [5, 5.41) is 9.18. The number of ether oxygens (including phenoxy) is 2. The Labute approximate surface area is 263 Å². The maximum Gasteiger partial charge on any atom is 0.417 e. The highest BCUT2D eigenvalue weighted by Gasteiger charge is 2.43. The highest BCUT2D eigenvalue weighted by atomic mass is 32.1. The van der Waals surface area contributed by atoms with Crippen LogP contribution in [0.25, 0.3) is 32.1 Å². The second-order valence-electron chi connectivity index (χ2n) is 11.9. The molecular weight excluding hydrogens is 634 g/mol. The number of hydrogen-bond acceptors (Lipinski definition) is 9. The Kier molecular flexibility index (Phi) is 7.64. The molecule has 2 aromatic heterocycles. The van der Waals surface area contributed by atoms with Crippen molar-refractivity contribution in [3.8, 4) is 23.2 Å². The molecule has 0 amide bonds. The van der Waals surface area contributed by atoms with Crippen LogP contribution in [0, 0.1) is 23.0 Å². The van der Waals surface area contributed by atoms with E-state index in [1.165, 1.54) is 20.0 Å². The lowest BCUT2D eigenvalue weighted by atomic mass is 9.92. The Hall–Kier alpha value is -3.87. The number of hydrogen-bond donors (Lipinski definition) is 1. The number of rotatable bonds is 3. The molecule has 0 saturated carbocycles. The number of methoxy groups -OCH3 is 1. The highest BCUT2D eigenvalue weighted by Crippen LogP contribution is 2.48. The van der Waals surface area contributed by atoms with E-state index in [1.807, 2.05) is 0 Å². The molecule has 8 nitrogen and oxygen atoms in total. The molecule has 2 N–H and O–H groups in total. The first-order valence-electron chi connectivity index (χ1n) is 14.8. The fourth-order valence-corrected chi connectivity index (χ4v) is 8.13. The average Bonchev–Trinajstić information content (AvgIpc) is 3.85. The minimum Gasteiger partial charge on any atom is -0.467 e. The summed E-state index contributed by atoms with van der Waals surface area (Å²) in [6.45, 7) is 2.61. The van der Waals surface area contributed by atoms with Crippen LogP contribution in [0.4, 0.5) is 37.2 Å². The third-order valence-electron chi connectivity index (χ3n) is 9.21. The second kappa shape index (κ2) is 11.4. The van der Waals surface area contributed by atoms with Crippen molar-refractivity contribution in [1.29, 1.82) is 5.26 Å². The van der Waals surface area contributed by atoms with E-state index < -0.39 is 40.6 Å². The van der Waals surface area contributed by atoms with Gasteiger partial charge in [-0.2, -0.15) is 28.4 Å². The van der Waals surface area contributed by atoms with E-state index in [4.69, 9.17) is 15.2 Å². The summed E-state index contributed by atoms with van der Waals surface area (Å²) >= 11 is 0.706. The fraction of sp³-hybridized carbons (Fsp3) is 0.452. The van der Waals surface area contributed by atoms with Crippen LogP contribution in [0.5, 0.6) is 6.01 Å². The van der Waals surface area contributed by atoms with Crippen LogP contribution in [-0.4, -0.2) is 72.6 Å². The molecule has 15 heteroatoms. The maximum atomic E-state index is 16.3. The first-order valence-corrected chi connectivity index (χ1v) is 15.6. The summed E-state index contributed by atoms with van der Waals surface area (Å²) in [6, 6.07) is 4.79. The van der Waals surface area contributed by atoms with E-state index in [1.54, 1.807) is 11.0 Å². The topological polar surface area (TPSA) is 101 Å². The molecule has 4 aromatic rings. The zero-order chi connectivity index (χ0) is 32.5. The summed E-state index contributed by atoms with van der Waals surface area (Å²) in [7, 11) is 1.27. The van der Waals surface area contributed by atoms with Crippen LogP contribution in [0.15, 0.2) is 18.2 Å². The highest BCUT2D eigenvalue weighted by molar-refractivity contribution is 7.23. The number of nitrogen functional groups attached to an aromatic ring is 1. The van der Waals surface area contributed by atoms with E-state index in [2.05, 4.69) is 14.9 Å². The van der Waals surface area contributed by atoms with Crippen molar-refractivity contribution in [2.75, 3.05) is 44.0 Å². The lowest BCUT2D eigenvalue weighted by Crippen LogP contribution is -2.37. The van der Waals surface area contributed by atoms with Gasteiger partial charge in [-0.1, -0.05) is 6.07 Å². The van der Waals surface area contributed by atoms with Gasteiger partial charge in [0, 0.05) is 35.5 Å². The number of morpholine rings is 1. The van der Waals surface area contributed by atoms with Crippen molar-refractivity contribution in [3.05, 3.63) is 41.0 Å². The largest absolute Gasteiger partial charge is 0.467 e. The molecule has 242 valence electrons. The number of thiophene rings is 1. The molecular formula is C31H28F6N6O2S. The van der Waals surface area contributed by atoms with Gasteiger partial charge in [-0.05, 0) is 49.9 Å². The Morgan fingerprint density at radius 1 is 1.15 bits per heavy atom. The molecule has 4 saturated heterocycles. The Balaban J connectivity index is 0.000000321. The molecule has 46 heavy (non-hydrogen) atoms. The average molecular weight is 663 g/mol. The van der Waals surface area contributed by atoms with Crippen molar-refractivity contribution in [3.63, 3.8) is 0 Å². The van der Waals surface area contributed by atoms with Crippen LogP contribution in [0.2, 0.25) is 0 Å². The second-order valence-corrected chi connectivity index (χ2v) is 13.0. The third kappa shape index (κ3) is 5.07. The van der Waals surface area contributed by atoms with Gasteiger partial charge in [0.25, 0.3) is 0 Å². The molecule has 0 spiro atoms. The lowest BCUT2D eigenvalue weighted by Gasteiger charge is -2.29. The van der Waals surface area contributed by atoms with Crippen LogP contribution in [0.3, 0.4) is 0 Å². The number of nitrogens with two attached hydrogens (primary N) is 1. The van der Waals surface area contributed by atoms with Gasteiger partial charge in [0.05, 0.1) is 41.7 Å². The van der Waals surface area contributed by atoms with E-state index in [9.17, 15) is 27.2 Å². The molecule has 2 aromatic carbocycles. The minimum absolute atomic E-state index is 0.0869. The Morgan fingerprint density at radius 2 is 1.96 bits per heavy atom. The summed E-state index contributed by atoms with van der Waals surface area (Å²) in [6.07, 6.45) is -1.63. The normalized spacial score (nSPS) is 24.0. The molecule has 4 unspecified atom stereocenters. The number of benzene rings is 2. The van der Waals surface area contributed by atoms with Gasteiger partial charge in [0.2, 0.25) is 0 Å². The van der Waals surface area contributed by atoms with Gasteiger partial charge in [-0.15, -0.1) is 11.3 Å². The molecule has 4 aliphatic rings. The number of alkyl halides is 4. The molecule has 4 fully saturated rings. The van der Waals surface area contributed by atoms with Crippen molar-refractivity contribution < 1.29 is 35.8 Å². The SMILES string of the molecule is COc1nc(N2CC3CC2CO3)c2cc(C(F)(F)F)c(-c3ccc(F)c4sc(N)c(C#N)c34)c(F)c2n1.FC1CC2CCCN2C1. The van der Waals surface area contributed by atoms with Crippen LogP contribution in [0.1, 0.15) is 36.8 Å². The molecule has 8 rings (SSSR count).